The van der Waals surface area contributed by atoms with Crippen LogP contribution in [-0.4, -0.2) is 21.0 Å². The molecule has 1 heterocycles. The number of halogens is 2. The van der Waals surface area contributed by atoms with Crippen LogP contribution in [0.5, 0.6) is 0 Å². The number of hydrogen-bond acceptors (Lipinski definition) is 4. The summed E-state index contributed by atoms with van der Waals surface area (Å²) in [6.45, 7) is 2.06. The lowest BCUT2D eigenvalue weighted by molar-refractivity contribution is 0.697. The van der Waals surface area contributed by atoms with Crippen molar-refractivity contribution in [1.82, 2.24) is 15.0 Å². The monoisotopic (exact) mass is 296 g/mol. The minimum Gasteiger partial charge on any atom is -0.352 e. The van der Waals surface area contributed by atoms with Crippen molar-refractivity contribution >= 4 is 29.2 Å². The van der Waals surface area contributed by atoms with E-state index in [1.807, 2.05) is 18.2 Å². The zero-order valence-electron chi connectivity index (χ0n) is 10.5. The van der Waals surface area contributed by atoms with E-state index in [0.717, 1.165) is 12.8 Å². The summed E-state index contributed by atoms with van der Waals surface area (Å²) in [5.74, 6) is 0.408. The molecule has 0 radical (unpaired) electrons. The van der Waals surface area contributed by atoms with Gasteiger partial charge >= 0.3 is 0 Å². The average Bonchev–Trinajstić information content (AvgIpc) is 2.36. The molecule has 100 valence electrons. The Morgan fingerprint density at radius 3 is 2.32 bits per heavy atom. The van der Waals surface area contributed by atoms with Crippen molar-refractivity contribution in [2.45, 2.75) is 25.8 Å². The summed E-state index contributed by atoms with van der Waals surface area (Å²) in [4.78, 5) is 11.7. The van der Waals surface area contributed by atoms with E-state index in [-0.39, 0.29) is 16.6 Å². The fourth-order valence-corrected chi connectivity index (χ4v) is 2.07. The molecule has 0 unspecified atom stereocenters. The van der Waals surface area contributed by atoms with E-state index in [9.17, 15) is 0 Å². The highest BCUT2D eigenvalue weighted by Gasteiger charge is 2.07. The molecular formula is C13H14Cl2N4. The summed E-state index contributed by atoms with van der Waals surface area (Å²) < 4.78 is 0. The Hall–Kier alpha value is -1.39. The highest BCUT2D eigenvalue weighted by molar-refractivity contribution is 6.31. The van der Waals surface area contributed by atoms with E-state index in [1.165, 1.54) is 5.56 Å². The van der Waals surface area contributed by atoms with Crippen LogP contribution in [0.15, 0.2) is 30.3 Å². The van der Waals surface area contributed by atoms with Crippen LogP contribution in [-0.2, 0) is 6.42 Å². The molecule has 2 rings (SSSR count). The molecule has 0 bridgehead atoms. The number of nitrogens with zero attached hydrogens (tertiary/aromatic N) is 3. The Bertz CT molecular complexity index is 513. The molecule has 0 saturated carbocycles. The molecule has 1 aromatic heterocycles. The van der Waals surface area contributed by atoms with E-state index in [4.69, 9.17) is 23.2 Å². The highest BCUT2D eigenvalue weighted by Crippen LogP contribution is 2.12. The predicted octanol–water partition coefficient (Wildman–Crippen LogP) is 3.61. The van der Waals surface area contributed by atoms with Gasteiger partial charge in [0.25, 0.3) is 0 Å². The maximum atomic E-state index is 5.72. The van der Waals surface area contributed by atoms with Gasteiger partial charge in [-0.3, -0.25) is 0 Å². The zero-order chi connectivity index (χ0) is 13.7. The maximum Gasteiger partial charge on any atom is 0.228 e. The van der Waals surface area contributed by atoms with Crippen molar-refractivity contribution in [1.29, 1.82) is 0 Å². The molecule has 0 aliphatic heterocycles. The van der Waals surface area contributed by atoms with Crippen molar-refractivity contribution < 1.29 is 0 Å². The smallest absolute Gasteiger partial charge is 0.228 e. The van der Waals surface area contributed by atoms with Crippen LogP contribution in [0, 0.1) is 0 Å². The summed E-state index contributed by atoms with van der Waals surface area (Å²) in [7, 11) is 0. The second kappa shape index (κ2) is 6.68. The molecule has 6 heteroatoms. The van der Waals surface area contributed by atoms with E-state index in [2.05, 4.69) is 39.3 Å². The standard InChI is InChI=1S/C13H14Cl2N4/c1-9(7-8-10-5-3-2-4-6-10)16-13-18-11(14)17-12(15)19-13/h2-6,9H,7-8H2,1H3,(H,16,17,18,19)/t9-/m1/s1. The topological polar surface area (TPSA) is 50.7 Å². The second-order valence-electron chi connectivity index (χ2n) is 4.27. The van der Waals surface area contributed by atoms with Gasteiger partial charge in [0.1, 0.15) is 0 Å². The number of rotatable bonds is 5. The van der Waals surface area contributed by atoms with Crippen molar-refractivity contribution in [3.63, 3.8) is 0 Å². The van der Waals surface area contributed by atoms with Crippen molar-refractivity contribution in [2.24, 2.45) is 0 Å². The van der Waals surface area contributed by atoms with E-state index >= 15 is 0 Å². The van der Waals surface area contributed by atoms with Gasteiger partial charge in [-0.15, -0.1) is 0 Å². The molecule has 0 amide bonds. The van der Waals surface area contributed by atoms with Crippen LogP contribution < -0.4 is 5.32 Å². The summed E-state index contributed by atoms with van der Waals surface area (Å²) in [6, 6.07) is 10.5. The number of aryl methyl sites for hydroxylation is 1. The molecule has 0 aliphatic rings. The van der Waals surface area contributed by atoms with Gasteiger partial charge < -0.3 is 5.32 Å². The SMILES string of the molecule is C[C@H](CCc1ccccc1)Nc1nc(Cl)nc(Cl)n1. The first-order chi connectivity index (χ1) is 9.13. The average molecular weight is 297 g/mol. The predicted molar refractivity (Wildman–Crippen MR) is 77.7 cm³/mol. The quantitative estimate of drug-likeness (QED) is 0.916. The maximum absolute atomic E-state index is 5.72. The van der Waals surface area contributed by atoms with Gasteiger partial charge in [-0.2, -0.15) is 15.0 Å². The van der Waals surface area contributed by atoms with Crippen molar-refractivity contribution in [2.75, 3.05) is 5.32 Å². The molecule has 0 fully saturated rings. The van der Waals surface area contributed by atoms with E-state index in [1.54, 1.807) is 0 Å². The molecule has 0 spiro atoms. The zero-order valence-corrected chi connectivity index (χ0v) is 12.0. The summed E-state index contributed by atoms with van der Waals surface area (Å²) in [5, 5.41) is 3.35. The lowest BCUT2D eigenvalue weighted by atomic mass is 10.1. The van der Waals surface area contributed by atoms with Gasteiger partial charge in [-0.1, -0.05) is 30.3 Å². The summed E-state index contributed by atoms with van der Waals surface area (Å²) in [5.41, 5.74) is 1.31. The van der Waals surface area contributed by atoms with Crippen LogP contribution in [0.2, 0.25) is 10.6 Å². The van der Waals surface area contributed by atoms with Gasteiger partial charge in [0, 0.05) is 6.04 Å². The third-order valence-electron chi connectivity index (χ3n) is 2.67. The Morgan fingerprint density at radius 1 is 1.05 bits per heavy atom. The first kappa shape index (κ1) is 14.0. The highest BCUT2D eigenvalue weighted by atomic mass is 35.5. The Labute approximate surface area is 122 Å². The van der Waals surface area contributed by atoms with Crippen LogP contribution in [0.25, 0.3) is 0 Å². The van der Waals surface area contributed by atoms with Gasteiger partial charge in [0.05, 0.1) is 0 Å². The van der Waals surface area contributed by atoms with Crippen LogP contribution in [0.3, 0.4) is 0 Å². The normalized spacial score (nSPS) is 12.2. The summed E-state index contributed by atoms with van der Waals surface area (Å²) in [6.07, 6.45) is 1.95. The van der Waals surface area contributed by atoms with Crippen molar-refractivity contribution in [3.05, 3.63) is 46.5 Å². The second-order valence-corrected chi connectivity index (χ2v) is 4.94. The summed E-state index contributed by atoms with van der Waals surface area (Å²) >= 11 is 11.4. The molecule has 1 N–H and O–H groups in total. The fourth-order valence-electron chi connectivity index (χ4n) is 1.71. The molecule has 1 atom stereocenters. The van der Waals surface area contributed by atoms with Gasteiger partial charge in [0.15, 0.2) is 0 Å². The van der Waals surface area contributed by atoms with Gasteiger partial charge in [-0.25, -0.2) is 0 Å². The first-order valence-corrected chi connectivity index (χ1v) is 6.76. The lowest BCUT2D eigenvalue weighted by Crippen LogP contribution is -2.18. The Morgan fingerprint density at radius 2 is 1.68 bits per heavy atom. The number of benzene rings is 1. The van der Waals surface area contributed by atoms with Crippen LogP contribution >= 0.6 is 23.2 Å². The van der Waals surface area contributed by atoms with Gasteiger partial charge in [0.2, 0.25) is 16.5 Å². The molecular weight excluding hydrogens is 283 g/mol. The molecule has 0 aliphatic carbocycles. The minimum absolute atomic E-state index is 0.0951. The van der Waals surface area contributed by atoms with E-state index < -0.39 is 0 Å². The van der Waals surface area contributed by atoms with Crippen molar-refractivity contribution in [3.8, 4) is 0 Å². The largest absolute Gasteiger partial charge is 0.352 e. The lowest BCUT2D eigenvalue weighted by Gasteiger charge is -2.13. The molecule has 4 nitrogen and oxygen atoms in total. The minimum atomic E-state index is 0.0951. The molecule has 2 aromatic rings. The number of nitrogens with one attached hydrogen (secondary N) is 1. The number of hydrogen-bond donors (Lipinski definition) is 1. The van der Waals surface area contributed by atoms with E-state index in [0.29, 0.717) is 5.95 Å². The Balaban J connectivity index is 1.89. The van der Waals surface area contributed by atoms with Crippen LogP contribution in [0.1, 0.15) is 18.9 Å². The number of aromatic nitrogens is 3. The number of anilines is 1. The van der Waals surface area contributed by atoms with Gasteiger partial charge in [-0.05, 0) is 48.5 Å². The third kappa shape index (κ3) is 4.65. The Kier molecular flexibility index (Phi) is 4.93. The third-order valence-corrected chi connectivity index (χ3v) is 3.00. The first-order valence-electron chi connectivity index (χ1n) is 6.01. The molecule has 0 saturated heterocycles. The van der Waals surface area contributed by atoms with Crippen LogP contribution in [0.4, 0.5) is 5.95 Å². The molecule has 19 heavy (non-hydrogen) atoms. The molecule has 1 aromatic carbocycles. The fraction of sp³-hybridized carbons (Fsp3) is 0.308.